The number of amides is 1. The molecule has 2 aromatic carbocycles. The van der Waals surface area contributed by atoms with Crippen molar-refractivity contribution >= 4 is 17.6 Å². The van der Waals surface area contributed by atoms with E-state index in [0.717, 1.165) is 11.1 Å². The van der Waals surface area contributed by atoms with Gasteiger partial charge in [-0.1, -0.05) is 24.3 Å². The summed E-state index contributed by atoms with van der Waals surface area (Å²) in [5, 5.41) is 2.72. The first-order valence-corrected chi connectivity index (χ1v) is 8.93. The first-order valence-electron chi connectivity index (χ1n) is 8.93. The fourth-order valence-corrected chi connectivity index (χ4v) is 2.47. The van der Waals surface area contributed by atoms with Gasteiger partial charge in [-0.05, 0) is 50.1 Å². The lowest BCUT2D eigenvalue weighted by Crippen LogP contribution is -2.22. The maximum absolute atomic E-state index is 12.0. The molecule has 0 fully saturated rings. The number of nitrogens with one attached hydrogen (secondary N) is 1. The molecule has 0 aliphatic heterocycles. The summed E-state index contributed by atoms with van der Waals surface area (Å²) in [6.45, 7) is 6.35. The highest BCUT2D eigenvalue weighted by Gasteiger charge is 2.12. The summed E-state index contributed by atoms with van der Waals surface area (Å²) in [4.78, 5) is 24.0. The van der Waals surface area contributed by atoms with Crippen molar-refractivity contribution in [3.63, 3.8) is 0 Å². The van der Waals surface area contributed by atoms with Gasteiger partial charge < -0.3 is 19.5 Å². The van der Waals surface area contributed by atoms with Crippen molar-refractivity contribution in [3.8, 4) is 11.5 Å². The van der Waals surface area contributed by atoms with Crippen LogP contribution in [-0.2, 0) is 20.7 Å². The van der Waals surface area contributed by atoms with Gasteiger partial charge in [-0.15, -0.1) is 0 Å². The summed E-state index contributed by atoms with van der Waals surface area (Å²) >= 11 is 0. The molecule has 6 heteroatoms. The highest BCUT2D eigenvalue weighted by atomic mass is 16.5. The first-order chi connectivity index (χ1) is 13.0. The van der Waals surface area contributed by atoms with Crippen molar-refractivity contribution in [2.75, 3.05) is 25.1 Å². The minimum Gasteiger partial charge on any atom is -0.490 e. The van der Waals surface area contributed by atoms with Crippen molar-refractivity contribution in [3.05, 3.63) is 53.6 Å². The van der Waals surface area contributed by atoms with Crippen molar-refractivity contribution in [2.24, 2.45) is 0 Å². The molecule has 0 aliphatic carbocycles. The molecule has 27 heavy (non-hydrogen) atoms. The number of benzene rings is 2. The van der Waals surface area contributed by atoms with E-state index < -0.39 is 5.97 Å². The van der Waals surface area contributed by atoms with Crippen LogP contribution in [0.25, 0.3) is 0 Å². The van der Waals surface area contributed by atoms with Gasteiger partial charge >= 0.3 is 5.97 Å². The van der Waals surface area contributed by atoms with E-state index in [2.05, 4.69) is 5.32 Å². The first kappa shape index (κ1) is 20.3. The van der Waals surface area contributed by atoms with E-state index in [4.69, 9.17) is 14.2 Å². The zero-order valence-corrected chi connectivity index (χ0v) is 15.9. The van der Waals surface area contributed by atoms with Crippen LogP contribution in [0.1, 0.15) is 25.0 Å². The topological polar surface area (TPSA) is 73.9 Å². The number of aryl methyl sites for hydroxylation is 1. The SMILES string of the molecule is CCOc1ccc(CC(=O)OCC(=O)Nc2ccccc2C)cc1OCC. The Kier molecular flexibility index (Phi) is 7.67. The number of esters is 1. The van der Waals surface area contributed by atoms with Gasteiger partial charge in [0.05, 0.1) is 19.6 Å². The summed E-state index contributed by atoms with van der Waals surface area (Å²) in [7, 11) is 0. The molecule has 6 nitrogen and oxygen atoms in total. The number of anilines is 1. The smallest absolute Gasteiger partial charge is 0.310 e. The largest absolute Gasteiger partial charge is 0.490 e. The summed E-state index contributed by atoms with van der Waals surface area (Å²) in [5.74, 6) is 0.358. The maximum Gasteiger partial charge on any atom is 0.310 e. The summed E-state index contributed by atoms with van der Waals surface area (Å²) < 4.78 is 16.1. The van der Waals surface area contributed by atoms with E-state index in [1.807, 2.05) is 39.0 Å². The van der Waals surface area contributed by atoms with Gasteiger partial charge in [-0.25, -0.2) is 0 Å². The number of carbonyl (C=O) groups excluding carboxylic acids is 2. The Balaban J connectivity index is 1.88. The standard InChI is InChI=1S/C21H25NO5/c1-4-25-18-11-10-16(12-19(18)26-5-2)13-21(24)27-14-20(23)22-17-9-7-6-8-15(17)3/h6-12H,4-5,13-14H2,1-3H3,(H,22,23). The van der Waals surface area contributed by atoms with E-state index in [1.54, 1.807) is 24.3 Å². The van der Waals surface area contributed by atoms with Crippen LogP contribution in [0.3, 0.4) is 0 Å². The van der Waals surface area contributed by atoms with Gasteiger partial charge in [0.2, 0.25) is 0 Å². The molecule has 144 valence electrons. The number of hydrogen-bond donors (Lipinski definition) is 1. The molecule has 0 saturated heterocycles. The second kappa shape index (κ2) is 10.2. The molecular weight excluding hydrogens is 346 g/mol. The molecule has 0 aromatic heterocycles. The highest BCUT2D eigenvalue weighted by Crippen LogP contribution is 2.28. The number of carbonyl (C=O) groups is 2. The zero-order chi connectivity index (χ0) is 19.6. The predicted octanol–water partition coefficient (Wildman–Crippen LogP) is 3.52. The summed E-state index contributed by atoms with van der Waals surface area (Å²) in [6, 6.07) is 12.7. The van der Waals surface area contributed by atoms with E-state index in [-0.39, 0.29) is 18.9 Å². The van der Waals surface area contributed by atoms with Crippen LogP contribution in [0.4, 0.5) is 5.69 Å². The second-order valence-electron chi connectivity index (χ2n) is 5.85. The number of para-hydroxylation sites is 1. The second-order valence-corrected chi connectivity index (χ2v) is 5.85. The van der Waals surface area contributed by atoms with Crippen molar-refractivity contribution in [2.45, 2.75) is 27.2 Å². The lowest BCUT2D eigenvalue weighted by Gasteiger charge is -2.12. The highest BCUT2D eigenvalue weighted by molar-refractivity contribution is 5.93. The normalized spacial score (nSPS) is 10.2. The minimum absolute atomic E-state index is 0.0458. The van der Waals surface area contributed by atoms with Crippen LogP contribution >= 0.6 is 0 Å². The molecule has 2 aromatic rings. The van der Waals surface area contributed by atoms with Crippen molar-refractivity contribution < 1.29 is 23.8 Å². The number of hydrogen-bond acceptors (Lipinski definition) is 5. The molecule has 2 rings (SSSR count). The summed E-state index contributed by atoms with van der Waals surface area (Å²) in [6.07, 6.45) is 0.0458. The van der Waals surface area contributed by atoms with E-state index >= 15 is 0 Å². The minimum atomic E-state index is -0.485. The Morgan fingerprint density at radius 2 is 1.67 bits per heavy atom. The van der Waals surface area contributed by atoms with Gasteiger partial charge in [0.15, 0.2) is 18.1 Å². The molecule has 1 amide bonds. The van der Waals surface area contributed by atoms with Crippen LogP contribution in [0.15, 0.2) is 42.5 Å². The lowest BCUT2D eigenvalue weighted by atomic mass is 10.1. The summed E-state index contributed by atoms with van der Waals surface area (Å²) in [5.41, 5.74) is 2.37. The van der Waals surface area contributed by atoms with Crippen LogP contribution in [0.5, 0.6) is 11.5 Å². The molecule has 0 radical (unpaired) electrons. The molecule has 0 aliphatic rings. The molecule has 0 atom stereocenters. The van der Waals surface area contributed by atoms with Gasteiger partial charge in [0.1, 0.15) is 0 Å². The van der Waals surface area contributed by atoms with Crippen molar-refractivity contribution in [1.82, 2.24) is 0 Å². The van der Waals surface area contributed by atoms with E-state index in [1.165, 1.54) is 0 Å². The Morgan fingerprint density at radius 3 is 2.37 bits per heavy atom. The van der Waals surface area contributed by atoms with Gasteiger partial charge in [0.25, 0.3) is 5.91 Å². The monoisotopic (exact) mass is 371 g/mol. The fraction of sp³-hybridized carbons (Fsp3) is 0.333. The van der Waals surface area contributed by atoms with Crippen LogP contribution in [0.2, 0.25) is 0 Å². The van der Waals surface area contributed by atoms with Gasteiger partial charge in [0, 0.05) is 5.69 Å². The number of rotatable bonds is 9. The van der Waals surface area contributed by atoms with E-state index in [0.29, 0.717) is 30.4 Å². The van der Waals surface area contributed by atoms with Gasteiger partial charge in [-0.3, -0.25) is 9.59 Å². The van der Waals surface area contributed by atoms with Crippen molar-refractivity contribution in [1.29, 1.82) is 0 Å². The Hall–Kier alpha value is -3.02. The Morgan fingerprint density at radius 1 is 0.963 bits per heavy atom. The Labute approximate surface area is 159 Å². The lowest BCUT2D eigenvalue weighted by molar-refractivity contribution is -0.146. The number of ether oxygens (including phenoxy) is 3. The molecule has 1 N–H and O–H groups in total. The molecule has 0 saturated carbocycles. The third-order valence-corrected chi connectivity index (χ3v) is 3.74. The van der Waals surface area contributed by atoms with Crippen LogP contribution in [-0.4, -0.2) is 31.7 Å². The quantitative estimate of drug-likeness (QED) is 0.683. The molecule has 0 spiro atoms. The average molecular weight is 371 g/mol. The van der Waals surface area contributed by atoms with E-state index in [9.17, 15) is 9.59 Å². The predicted molar refractivity (Wildman–Crippen MR) is 103 cm³/mol. The Bertz CT molecular complexity index is 788. The average Bonchev–Trinajstić information content (AvgIpc) is 2.64. The maximum atomic E-state index is 12.0. The van der Waals surface area contributed by atoms with Crippen LogP contribution in [0, 0.1) is 6.92 Å². The third kappa shape index (κ3) is 6.33. The third-order valence-electron chi connectivity index (χ3n) is 3.74. The molecule has 0 bridgehead atoms. The zero-order valence-electron chi connectivity index (χ0n) is 15.9. The fourth-order valence-electron chi connectivity index (χ4n) is 2.47. The molecule has 0 heterocycles. The molecular formula is C21H25NO5. The van der Waals surface area contributed by atoms with Crippen LogP contribution < -0.4 is 14.8 Å². The molecule has 0 unspecified atom stereocenters. The van der Waals surface area contributed by atoms with Gasteiger partial charge in [-0.2, -0.15) is 0 Å².